The molecule has 1 fully saturated rings. The fourth-order valence-corrected chi connectivity index (χ4v) is 4.47. The van der Waals surface area contributed by atoms with Gasteiger partial charge in [-0.05, 0) is 29.8 Å². The standard InChI is InChI=1S/C24H24F3N3O2/c25-24(26,27)19-5-3-4-18(16-19)17-30-15-11-23(32-21-7-2-1-6-20(21)30)9-13-29(14-10-23)22(31)8-12-28/h1-7,16H,8-11,13-15,17H2. The molecule has 1 saturated heterocycles. The van der Waals surface area contributed by atoms with Crippen LogP contribution in [-0.4, -0.2) is 36.0 Å². The molecule has 0 unspecified atom stereocenters. The highest BCUT2D eigenvalue weighted by molar-refractivity contribution is 5.78. The third-order valence-electron chi connectivity index (χ3n) is 6.26. The second-order valence-corrected chi connectivity index (χ2v) is 8.34. The van der Waals surface area contributed by atoms with Crippen molar-refractivity contribution in [3.8, 4) is 11.8 Å². The molecular formula is C24H24F3N3O2. The van der Waals surface area contributed by atoms with Gasteiger partial charge in [-0.15, -0.1) is 0 Å². The summed E-state index contributed by atoms with van der Waals surface area (Å²) in [6.45, 7) is 2.01. The van der Waals surface area contributed by atoms with Gasteiger partial charge in [0.15, 0.2) is 0 Å². The molecule has 2 aliphatic heterocycles. The van der Waals surface area contributed by atoms with E-state index in [0.717, 1.165) is 11.8 Å². The molecule has 0 aliphatic carbocycles. The maximum absolute atomic E-state index is 13.1. The van der Waals surface area contributed by atoms with Crippen molar-refractivity contribution in [3.63, 3.8) is 0 Å². The van der Waals surface area contributed by atoms with Crippen molar-refractivity contribution in [3.05, 3.63) is 59.7 Å². The number of alkyl halides is 3. The van der Waals surface area contributed by atoms with Crippen molar-refractivity contribution in [1.82, 2.24) is 4.90 Å². The van der Waals surface area contributed by atoms with Crippen LogP contribution in [0.3, 0.4) is 0 Å². The molecule has 0 aromatic heterocycles. The Morgan fingerprint density at radius 2 is 1.78 bits per heavy atom. The molecule has 0 N–H and O–H groups in total. The van der Waals surface area contributed by atoms with E-state index in [4.69, 9.17) is 10.00 Å². The largest absolute Gasteiger partial charge is 0.485 e. The summed E-state index contributed by atoms with van der Waals surface area (Å²) in [5.74, 6) is 0.538. The Hall–Kier alpha value is -3.21. The Morgan fingerprint density at radius 1 is 1.06 bits per heavy atom. The predicted octanol–water partition coefficient (Wildman–Crippen LogP) is 4.77. The highest BCUT2D eigenvalue weighted by atomic mass is 19.4. The quantitative estimate of drug-likeness (QED) is 0.686. The van der Waals surface area contributed by atoms with Crippen LogP contribution in [0.4, 0.5) is 18.9 Å². The number of halogens is 3. The van der Waals surface area contributed by atoms with E-state index in [9.17, 15) is 18.0 Å². The average Bonchev–Trinajstić information content (AvgIpc) is 2.91. The molecule has 32 heavy (non-hydrogen) atoms. The summed E-state index contributed by atoms with van der Waals surface area (Å²) in [4.78, 5) is 15.8. The SMILES string of the molecule is N#CCC(=O)N1CCC2(CC1)CCN(Cc1cccc(C(F)(F)F)c1)c1ccccc1O2. The first kappa shape index (κ1) is 22.0. The van der Waals surface area contributed by atoms with E-state index < -0.39 is 17.3 Å². The van der Waals surface area contributed by atoms with Crippen LogP contribution < -0.4 is 9.64 Å². The summed E-state index contributed by atoms with van der Waals surface area (Å²) in [6, 6.07) is 14.9. The maximum Gasteiger partial charge on any atom is 0.416 e. The molecule has 168 valence electrons. The van der Waals surface area contributed by atoms with Crippen molar-refractivity contribution in [1.29, 1.82) is 5.26 Å². The molecule has 0 saturated carbocycles. The van der Waals surface area contributed by atoms with Gasteiger partial charge in [-0.3, -0.25) is 4.79 Å². The molecule has 8 heteroatoms. The van der Waals surface area contributed by atoms with Crippen LogP contribution in [0.5, 0.6) is 5.75 Å². The van der Waals surface area contributed by atoms with E-state index in [0.29, 0.717) is 56.8 Å². The fraction of sp³-hybridized carbons (Fsp3) is 0.417. The van der Waals surface area contributed by atoms with Gasteiger partial charge in [0.05, 0.1) is 17.3 Å². The summed E-state index contributed by atoms with van der Waals surface area (Å²) >= 11 is 0. The molecule has 0 atom stereocenters. The number of amides is 1. The van der Waals surface area contributed by atoms with Gasteiger partial charge in [-0.2, -0.15) is 18.4 Å². The van der Waals surface area contributed by atoms with Crippen LogP contribution in [0.25, 0.3) is 0 Å². The van der Waals surface area contributed by atoms with Gasteiger partial charge in [-0.1, -0.05) is 24.3 Å². The number of rotatable bonds is 3. The smallest absolute Gasteiger partial charge is 0.416 e. The first-order chi connectivity index (χ1) is 15.3. The highest BCUT2D eigenvalue weighted by Crippen LogP contribution is 2.41. The number of benzene rings is 2. The van der Waals surface area contributed by atoms with Gasteiger partial charge < -0.3 is 14.5 Å². The van der Waals surface area contributed by atoms with E-state index in [2.05, 4.69) is 4.90 Å². The number of nitrogens with zero attached hydrogens (tertiary/aromatic N) is 3. The summed E-state index contributed by atoms with van der Waals surface area (Å²) in [5.41, 5.74) is 0.342. The normalized spacial score (nSPS) is 17.8. The lowest BCUT2D eigenvalue weighted by Crippen LogP contribution is -2.50. The maximum atomic E-state index is 13.1. The zero-order valence-electron chi connectivity index (χ0n) is 17.6. The van der Waals surface area contributed by atoms with Crippen LogP contribution in [0, 0.1) is 11.3 Å². The summed E-state index contributed by atoms with van der Waals surface area (Å²) in [5, 5.41) is 8.78. The molecule has 1 spiro atoms. The molecule has 2 aromatic rings. The van der Waals surface area contributed by atoms with Crippen LogP contribution >= 0.6 is 0 Å². The van der Waals surface area contributed by atoms with Crippen LogP contribution in [-0.2, 0) is 17.5 Å². The topological polar surface area (TPSA) is 56.6 Å². The van der Waals surface area contributed by atoms with Gasteiger partial charge in [0.1, 0.15) is 17.8 Å². The number of piperidine rings is 1. The highest BCUT2D eigenvalue weighted by Gasteiger charge is 2.40. The van der Waals surface area contributed by atoms with Crippen molar-refractivity contribution in [2.45, 2.75) is 44.0 Å². The predicted molar refractivity (Wildman–Crippen MR) is 113 cm³/mol. The van der Waals surface area contributed by atoms with E-state index >= 15 is 0 Å². The number of ether oxygens (including phenoxy) is 1. The molecule has 2 heterocycles. The van der Waals surface area contributed by atoms with Crippen LogP contribution in [0.2, 0.25) is 0 Å². The Bertz CT molecular complexity index is 1020. The van der Waals surface area contributed by atoms with Crippen molar-refractivity contribution in [2.24, 2.45) is 0 Å². The van der Waals surface area contributed by atoms with Crippen LogP contribution in [0.1, 0.15) is 36.8 Å². The Kier molecular flexibility index (Phi) is 6.00. The van der Waals surface area contributed by atoms with Crippen molar-refractivity contribution >= 4 is 11.6 Å². The van der Waals surface area contributed by atoms with E-state index in [1.807, 2.05) is 30.3 Å². The fourth-order valence-electron chi connectivity index (χ4n) is 4.47. The lowest BCUT2D eigenvalue weighted by Gasteiger charge is -2.41. The third-order valence-corrected chi connectivity index (χ3v) is 6.26. The number of nitriles is 1. The second kappa shape index (κ2) is 8.73. The number of anilines is 1. The number of hydrogen-bond donors (Lipinski definition) is 0. The monoisotopic (exact) mass is 443 g/mol. The Labute approximate surface area is 185 Å². The minimum atomic E-state index is -4.38. The average molecular weight is 443 g/mol. The summed E-state index contributed by atoms with van der Waals surface area (Å²) < 4.78 is 45.9. The minimum absolute atomic E-state index is 0.124. The molecular weight excluding hydrogens is 419 g/mol. The minimum Gasteiger partial charge on any atom is -0.485 e. The van der Waals surface area contributed by atoms with E-state index in [1.54, 1.807) is 11.0 Å². The van der Waals surface area contributed by atoms with E-state index in [-0.39, 0.29) is 12.3 Å². The molecule has 5 nitrogen and oxygen atoms in total. The first-order valence-corrected chi connectivity index (χ1v) is 10.6. The summed E-state index contributed by atoms with van der Waals surface area (Å²) in [6.07, 6.45) is -2.51. The van der Waals surface area contributed by atoms with E-state index in [1.165, 1.54) is 12.1 Å². The zero-order valence-corrected chi connectivity index (χ0v) is 17.6. The number of para-hydroxylation sites is 2. The summed E-state index contributed by atoms with van der Waals surface area (Å²) in [7, 11) is 0. The van der Waals surface area contributed by atoms with Gasteiger partial charge in [0.2, 0.25) is 5.91 Å². The number of likely N-dealkylation sites (tertiary alicyclic amines) is 1. The number of carbonyl (C=O) groups excluding carboxylic acids is 1. The molecule has 2 aromatic carbocycles. The molecule has 0 bridgehead atoms. The number of hydrogen-bond acceptors (Lipinski definition) is 4. The second-order valence-electron chi connectivity index (χ2n) is 8.34. The molecule has 2 aliphatic rings. The Morgan fingerprint density at radius 3 is 2.50 bits per heavy atom. The molecule has 0 radical (unpaired) electrons. The van der Waals surface area contributed by atoms with Gasteiger partial charge in [0, 0.05) is 45.4 Å². The van der Waals surface area contributed by atoms with Crippen molar-refractivity contribution < 1.29 is 22.7 Å². The number of carbonyl (C=O) groups is 1. The zero-order chi connectivity index (χ0) is 22.8. The molecule has 4 rings (SSSR count). The van der Waals surface area contributed by atoms with Gasteiger partial charge >= 0.3 is 6.18 Å². The lowest BCUT2D eigenvalue weighted by atomic mass is 9.87. The number of fused-ring (bicyclic) bond motifs is 1. The van der Waals surface area contributed by atoms with Gasteiger partial charge in [0.25, 0.3) is 0 Å². The third kappa shape index (κ3) is 4.67. The van der Waals surface area contributed by atoms with Crippen LogP contribution in [0.15, 0.2) is 48.5 Å². The van der Waals surface area contributed by atoms with Crippen molar-refractivity contribution in [2.75, 3.05) is 24.5 Å². The molecule has 1 amide bonds. The lowest BCUT2D eigenvalue weighted by molar-refractivity contribution is -0.137. The van der Waals surface area contributed by atoms with Gasteiger partial charge in [-0.25, -0.2) is 0 Å². The Balaban J connectivity index is 1.54. The first-order valence-electron chi connectivity index (χ1n) is 10.6.